The number of anilines is 1. The molecule has 0 aromatic carbocycles. The van der Waals surface area contributed by atoms with Gasteiger partial charge in [-0.05, 0) is 36.3 Å². The Morgan fingerprint density at radius 2 is 2.12 bits per heavy atom. The number of hydrogen-bond acceptors (Lipinski definition) is 5. The van der Waals surface area contributed by atoms with Crippen molar-refractivity contribution in [3.8, 4) is 6.01 Å². The summed E-state index contributed by atoms with van der Waals surface area (Å²) in [6.45, 7) is 7.75. The molecule has 17 heavy (non-hydrogen) atoms. The fourth-order valence-electron chi connectivity index (χ4n) is 1.74. The number of nitrogens with one attached hydrogen (secondary N) is 1. The maximum absolute atomic E-state index is 5.79. The van der Waals surface area contributed by atoms with Crippen LogP contribution in [-0.2, 0) is 0 Å². The van der Waals surface area contributed by atoms with Crippen molar-refractivity contribution in [2.24, 2.45) is 11.3 Å². The molecule has 1 saturated carbocycles. The lowest BCUT2D eigenvalue weighted by Gasteiger charge is -2.07. The summed E-state index contributed by atoms with van der Waals surface area (Å²) in [6.07, 6.45) is 1.23. The largest absolute Gasteiger partial charge is 0.464 e. The van der Waals surface area contributed by atoms with Crippen molar-refractivity contribution in [2.75, 3.05) is 18.5 Å². The van der Waals surface area contributed by atoms with Gasteiger partial charge in [0.1, 0.15) is 0 Å². The lowest BCUT2D eigenvalue weighted by atomic mass is 10.1. The summed E-state index contributed by atoms with van der Waals surface area (Å²) in [5.74, 6) is 1.16. The Balaban J connectivity index is 1.96. The van der Waals surface area contributed by atoms with Crippen molar-refractivity contribution in [3.05, 3.63) is 5.28 Å². The zero-order valence-corrected chi connectivity index (χ0v) is 11.1. The van der Waals surface area contributed by atoms with E-state index in [1.165, 1.54) is 6.42 Å². The smallest absolute Gasteiger partial charge is 0.322 e. The van der Waals surface area contributed by atoms with Crippen LogP contribution in [0.4, 0.5) is 5.95 Å². The summed E-state index contributed by atoms with van der Waals surface area (Å²) in [4.78, 5) is 12.0. The molecule has 1 aliphatic rings. The lowest BCUT2D eigenvalue weighted by molar-refractivity contribution is 0.312. The molecule has 1 aromatic heterocycles. The van der Waals surface area contributed by atoms with Gasteiger partial charge >= 0.3 is 6.01 Å². The van der Waals surface area contributed by atoms with E-state index in [1.807, 2.05) is 6.92 Å². The van der Waals surface area contributed by atoms with Gasteiger partial charge < -0.3 is 10.1 Å². The summed E-state index contributed by atoms with van der Waals surface area (Å²) >= 11 is 5.79. The Morgan fingerprint density at radius 1 is 1.41 bits per heavy atom. The van der Waals surface area contributed by atoms with Crippen molar-refractivity contribution in [3.63, 3.8) is 0 Å². The van der Waals surface area contributed by atoms with E-state index in [9.17, 15) is 0 Å². The first-order valence-electron chi connectivity index (χ1n) is 5.79. The minimum Gasteiger partial charge on any atom is -0.464 e. The summed E-state index contributed by atoms with van der Waals surface area (Å²) < 4.78 is 5.20. The predicted octanol–water partition coefficient (Wildman–Crippen LogP) is 2.38. The van der Waals surface area contributed by atoms with Gasteiger partial charge in [-0.3, -0.25) is 0 Å². The normalized spacial score (nSPS) is 21.1. The van der Waals surface area contributed by atoms with Gasteiger partial charge in [-0.1, -0.05) is 13.8 Å². The molecular weight excluding hydrogens is 240 g/mol. The molecule has 1 aliphatic carbocycles. The molecular formula is C11H17ClN4O. The zero-order chi connectivity index (χ0) is 12.5. The number of rotatable bonds is 5. The minimum atomic E-state index is 0.154. The van der Waals surface area contributed by atoms with E-state index in [-0.39, 0.29) is 11.3 Å². The molecule has 1 heterocycles. The summed E-state index contributed by atoms with van der Waals surface area (Å²) in [7, 11) is 0. The Bertz CT molecular complexity index is 410. The van der Waals surface area contributed by atoms with Crippen LogP contribution in [0.1, 0.15) is 27.2 Å². The van der Waals surface area contributed by atoms with Crippen LogP contribution >= 0.6 is 11.6 Å². The van der Waals surface area contributed by atoms with Gasteiger partial charge in [-0.15, -0.1) is 0 Å². The highest BCUT2D eigenvalue weighted by atomic mass is 35.5. The van der Waals surface area contributed by atoms with Gasteiger partial charge in [0.25, 0.3) is 0 Å². The van der Waals surface area contributed by atoms with Crippen LogP contribution in [0.15, 0.2) is 0 Å². The zero-order valence-electron chi connectivity index (χ0n) is 10.3. The first kappa shape index (κ1) is 12.4. The second-order valence-corrected chi connectivity index (χ2v) is 5.25. The molecule has 1 N–H and O–H groups in total. The van der Waals surface area contributed by atoms with Gasteiger partial charge in [0, 0.05) is 6.54 Å². The molecule has 0 saturated heterocycles. The van der Waals surface area contributed by atoms with E-state index in [1.54, 1.807) is 0 Å². The number of hydrogen-bond donors (Lipinski definition) is 1. The van der Waals surface area contributed by atoms with Crippen molar-refractivity contribution in [2.45, 2.75) is 27.2 Å². The SMILES string of the molecule is CCOc1nc(Cl)nc(NCC2CC2(C)C)n1. The van der Waals surface area contributed by atoms with Crippen LogP contribution in [0.2, 0.25) is 5.28 Å². The molecule has 5 nitrogen and oxygen atoms in total. The quantitative estimate of drug-likeness (QED) is 0.877. The standard InChI is InChI=1S/C11H17ClN4O/c1-4-17-10-15-8(12)14-9(16-10)13-6-7-5-11(7,2)3/h7H,4-6H2,1-3H3,(H,13,14,15,16). The molecule has 0 spiro atoms. The van der Waals surface area contributed by atoms with E-state index in [0.29, 0.717) is 23.9 Å². The van der Waals surface area contributed by atoms with Crippen LogP contribution in [0.25, 0.3) is 0 Å². The van der Waals surface area contributed by atoms with Crippen LogP contribution < -0.4 is 10.1 Å². The summed E-state index contributed by atoms with van der Waals surface area (Å²) in [5, 5.41) is 3.33. The van der Waals surface area contributed by atoms with Crippen LogP contribution in [-0.4, -0.2) is 28.1 Å². The number of aromatic nitrogens is 3. The molecule has 0 amide bonds. The molecule has 1 aromatic rings. The number of nitrogens with zero attached hydrogens (tertiary/aromatic N) is 3. The topological polar surface area (TPSA) is 59.9 Å². The van der Waals surface area contributed by atoms with E-state index >= 15 is 0 Å². The second kappa shape index (κ2) is 4.64. The summed E-state index contributed by atoms with van der Waals surface area (Å²) in [6, 6.07) is 0.269. The lowest BCUT2D eigenvalue weighted by Crippen LogP contribution is -2.11. The molecule has 0 aliphatic heterocycles. The van der Waals surface area contributed by atoms with Crippen molar-refractivity contribution in [1.29, 1.82) is 0 Å². The average molecular weight is 257 g/mol. The van der Waals surface area contributed by atoms with E-state index in [0.717, 1.165) is 6.54 Å². The monoisotopic (exact) mass is 256 g/mol. The Hall–Kier alpha value is -1.10. The molecule has 94 valence electrons. The van der Waals surface area contributed by atoms with Gasteiger partial charge in [0.2, 0.25) is 11.2 Å². The van der Waals surface area contributed by atoms with E-state index in [4.69, 9.17) is 16.3 Å². The van der Waals surface area contributed by atoms with Gasteiger partial charge in [-0.2, -0.15) is 15.0 Å². The number of halogens is 1. The molecule has 0 bridgehead atoms. The van der Waals surface area contributed by atoms with Crippen molar-refractivity contribution >= 4 is 17.5 Å². The highest BCUT2D eigenvalue weighted by molar-refractivity contribution is 6.28. The average Bonchev–Trinajstić information content (AvgIpc) is 2.83. The highest BCUT2D eigenvalue weighted by Crippen LogP contribution is 2.51. The van der Waals surface area contributed by atoms with Crippen molar-refractivity contribution in [1.82, 2.24) is 15.0 Å². The van der Waals surface area contributed by atoms with Gasteiger partial charge in [-0.25, -0.2) is 0 Å². The fourth-order valence-corrected chi connectivity index (χ4v) is 1.90. The molecule has 2 rings (SSSR count). The van der Waals surface area contributed by atoms with Crippen molar-refractivity contribution < 1.29 is 4.74 Å². The third-order valence-corrected chi connectivity index (χ3v) is 3.25. The van der Waals surface area contributed by atoms with Gasteiger partial charge in [0.15, 0.2) is 0 Å². The molecule has 0 radical (unpaired) electrons. The molecule has 1 unspecified atom stereocenters. The third kappa shape index (κ3) is 3.19. The van der Waals surface area contributed by atoms with Crippen LogP contribution in [0.3, 0.4) is 0 Å². The first-order chi connectivity index (χ1) is 8.01. The minimum absolute atomic E-state index is 0.154. The third-order valence-electron chi connectivity index (χ3n) is 3.09. The maximum Gasteiger partial charge on any atom is 0.322 e. The first-order valence-corrected chi connectivity index (χ1v) is 6.17. The molecule has 1 atom stereocenters. The fraction of sp³-hybridized carbons (Fsp3) is 0.727. The Morgan fingerprint density at radius 3 is 2.71 bits per heavy atom. The molecule has 1 fully saturated rings. The van der Waals surface area contributed by atoms with Crippen LogP contribution in [0, 0.1) is 11.3 Å². The summed E-state index contributed by atoms with van der Waals surface area (Å²) in [5.41, 5.74) is 0.437. The van der Waals surface area contributed by atoms with E-state index in [2.05, 4.69) is 34.1 Å². The Kier molecular flexibility index (Phi) is 3.38. The Labute approximate surface area is 106 Å². The number of ether oxygens (including phenoxy) is 1. The second-order valence-electron chi connectivity index (χ2n) is 4.91. The molecule has 6 heteroatoms. The maximum atomic E-state index is 5.79. The van der Waals surface area contributed by atoms with Gasteiger partial charge in [0.05, 0.1) is 6.61 Å². The predicted molar refractivity (Wildman–Crippen MR) is 66.4 cm³/mol. The highest BCUT2D eigenvalue weighted by Gasteiger charge is 2.45. The van der Waals surface area contributed by atoms with E-state index < -0.39 is 0 Å². The van der Waals surface area contributed by atoms with Crippen LogP contribution in [0.5, 0.6) is 6.01 Å².